The van der Waals surface area contributed by atoms with Gasteiger partial charge in [0.05, 0.1) is 0 Å². The van der Waals surface area contributed by atoms with Gasteiger partial charge in [0, 0.05) is 19.3 Å². The van der Waals surface area contributed by atoms with E-state index in [1.54, 1.807) is 0 Å². The Balaban J connectivity index is 1.78. The number of carbonyl (C=O) groups excluding carboxylic acids is 2. The van der Waals surface area contributed by atoms with Gasteiger partial charge in [-0.05, 0) is 5.92 Å². The fourth-order valence-corrected chi connectivity index (χ4v) is 2.56. The molecule has 0 N–H and O–H groups in total. The quantitative estimate of drug-likeness (QED) is 0.671. The van der Waals surface area contributed by atoms with Gasteiger partial charge in [-0.25, -0.2) is 0 Å². The molecular weight excluding hydrogens is 192 g/mol. The average Bonchev–Trinajstić information content (AvgIpc) is 2.66. The van der Waals surface area contributed by atoms with Crippen molar-refractivity contribution in [2.75, 3.05) is 0 Å². The third kappa shape index (κ3) is 2.80. The van der Waals surface area contributed by atoms with Crippen LogP contribution in [0.2, 0.25) is 0 Å². The second-order valence-electron chi connectivity index (χ2n) is 4.69. The average molecular weight is 210 g/mol. The van der Waals surface area contributed by atoms with Crippen LogP contribution in [0, 0.1) is 5.92 Å². The summed E-state index contributed by atoms with van der Waals surface area (Å²) in [5, 5.41) is 0. The number of esters is 1. The molecule has 0 radical (unpaired) electrons. The highest BCUT2D eigenvalue weighted by atomic mass is 16.6. The van der Waals surface area contributed by atoms with Crippen LogP contribution in [-0.4, -0.2) is 17.9 Å². The highest BCUT2D eigenvalue weighted by Crippen LogP contribution is 2.28. The van der Waals surface area contributed by atoms with E-state index in [2.05, 4.69) is 0 Å². The van der Waals surface area contributed by atoms with Crippen LogP contribution in [0.25, 0.3) is 0 Å². The first-order valence-electron chi connectivity index (χ1n) is 5.98. The summed E-state index contributed by atoms with van der Waals surface area (Å²) in [4.78, 5) is 22.7. The molecule has 2 aliphatic rings. The lowest BCUT2D eigenvalue weighted by Gasteiger charge is -2.21. The molecule has 1 heterocycles. The zero-order chi connectivity index (χ0) is 10.7. The lowest BCUT2D eigenvalue weighted by molar-refractivity contribution is -0.147. The summed E-state index contributed by atoms with van der Waals surface area (Å²) in [5.41, 5.74) is 0. The second-order valence-corrected chi connectivity index (χ2v) is 4.69. The Morgan fingerprint density at radius 3 is 2.53 bits per heavy atom. The molecule has 1 saturated carbocycles. The summed E-state index contributed by atoms with van der Waals surface area (Å²) in [6.45, 7) is 0. The largest absolute Gasteiger partial charge is 0.454 e. The van der Waals surface area contributed by atoms with E-state index in [0.29, 0.717) is 25.2 Å². The Labute approximate surface area is 90.2 Å². The molecule has 1 atom stereocenters. The molecule has 0 aromatic carbocycles. The van der Waals surface area contributed by atoms with Crippen molar-refractivity contribution in [2.45, 2.75) is 57.5 Å². The fourth-order valence-electron chi connectivity index (χ4n) is 2.56. The Kier molecular flexibility index (Phi) is 3.39. The van der Waals surface area contributed by atoms with Crippen LogP contribution >= 0.6 is 0 Å². The molecule has 0 amide bonds. The van der Waals surface area contributed by atoms with E-state index >= 15 is 0 Å². The lowest BCUT2D eigenvalue weighted by atomic mass is 9.85. The number of cyclic esters (lactones) is 1. The molecule has 0 bridgehead atoms. The van der Waals surface area contributed by atoms with Crippen LogP contribution in [0.4, 0.5) is 0 Å². The molecule has 2 fully saturated rings. The monoisotopic (exact) mass is 210 g/mol. The highest BCUT2D eigenvalue weighted by Gasteiger charge is 2.31. The molecule has 0 spiro atoms. The second kappa shape index (κ2) is 4.77. The van der Waals surface area contributed by atoms with Crippen LogP contribution in [0.1, 0.15) is 51.4 Å². The standard InChI is InChI=1S/C12H18O3/c13-10(11-6-7-12(14)15-11)8-9-4-2-1-3-5-9/h9,11H,1-8H2/t11-/m0/s1. The minimum absolute atomic E-state index is 0.146. The van der Waals surface area contributed by atoms with E-state index in [1.165, 1.54) is 32.1 Å². The first-order chi connectivity index (χ1) is 7.25. The Morgan fingerprint density at radius 2 is 1.93 bits per heavy atom. The third-order valence-corrected chi connectivity index (χ3v) is 3.46. The van der Waals surface area contributed by atoms with Crippen LogP contribution in [-0.2, 0) is 14.3 Å². The van der Waals surface area contributed by atoms with Gasteiger partial charge >= 0.3 is 5.97 Å². The van der Waals surface area contributed by atoms with Gasteiger partial charge in [-0.2, -0.15) is 0 Å². The van der Waals surface area contributed by atoms with Crippen LogP contribution in [0.3, 0.4) is 0 Å². The number of rotatable bonds is 3. The maximum Gasteiger partial charge on any atom is 0.306 e. The molecule has 0 aromatic rings. The topological polar surface area (TPSA) is 43.4 Å². The van der Waals surface area contributed by atoms with E-state index in [4.69, 9.17) is 4.74 Å². The molecule has 2 rings (SSSR count). The van der Waals surface area contributed by atoms with Gasteiger partial charge < -0.3 is 4.74 Å². The van der Waals surface area contributed by atoms with Crippen molar-refractivity contribution in [2.24, 2.45) is 5.92 Å². The first-order valence-corrected chi connectivity index (χ1v) is 5.98. The molecule has 15 heavy (non-hydrogen) atoms. The van der Waals surface area contributed by atoms with E-state index in [0.717, 1.165) is 0 Å². The van der Waals surface area contributed by atoms with Crippen LogP contribution < -0.4 is 0 Å². The number of hydrogen-bond donors (Lipinski definition) is 0. The van der Waals surface area contributed by atoms with Gasteiger partial charge in [-0.15, -0.1) is 0 Å². The van der Waals surface area contributed by atoms with Gasteiger partial charge in [0.15, 0.2) is 11.9 Å². The minimum Gasteiger partial charge on any atom is -0.454 e. The Bertz CT molecular complexity index is 254. The SMILES string of the molecule is O=C1CC[C@@H](C(=O)CC2CCCCC2)O1. The van der Waals surface area contributed by atoms with Gasteiger partial charge in [0.25, 0.3) is 0 Å². The van der Waals surface area contributed by atoms with E-state index in [-0.39, 0.29) is 11.8 Å². The molecule has 1 saturated heterocycles. The van der Waals surface area contributed by atoms with Crippen LogP contribution in [0.15, 0.2) is 0 Å². The summed E-state index contributed by atoms with van der Waals surface area (Å²) >= 11 is 0. The molecule has 0 aromatic heterocycles. The van der Waals surface area contributed by atoms with Gasteiger partial charge in [-0.3, -0.25) is 9.59 Å². The van der Waals surface area contributed by atoms with Crippen molar-refractivity contribution in [1.29, 1.82) is 0 Å². The van der Waals surface area contributed by atoms with E-state index < -0.39 is 6.10 Å². The van der Waals surface area contributed by atoms with E-state index in [1.807, 2.05) is 0 Å². The van der Waals surface area contributed by atoms with Crippen molar-refractivity contribution in [3.05, 3.63) is 0 Å². The zero-order valence-corrected chi connectivity index (χ0v) is 9.04. The molecule has 84 valence electrons. The molecule has 0 unspecified atom stereocenters. The molecule has 3 heteroatoms. The van der Waals surface area contributed by atoms with Crippen molar-refractivity contribution in [1.82, 2.24) is 0 Å². The Morgan fingerprint density at radius 1 is 1.20 bits per heavy atom. The summed E-state index contributed by atoms with van der Waals surface area (Å²) in [6, 6.07) is 0. The number of ketones is 1. The Hall–Kier alpha value is -0.860. The smallest absolute Gasteiger partial charge is 0.306 e. The predicted octanol–water partition coefficient (Wildman–Crippen LogP) is 2.23. The van der Waals surface area contributed by atoms with Gasteiger partial charge in [0.2, 0.25) is 0 Å². The number of carbonyl (C=O) groups is 2. The minimum atomic E-state index is -0.417. The van der Waals surface area contributed by atoms with Crippen molar-refractivity contribution in [3.63, 3.8) is 0 Å². The van der Waals surface area contributed by atoms with Crippen molar-refractivity contribution >= 4 is 11.8 Å². The van der Waals surface area contributed by atoms with E-state index in [9.17, 15) is 9.59 Å². The maximum absolute atomic E-state index is 11.8. The summed E-state index contributed by atoms with van der Waals surface area (Å²) in [5.74, 6) is 0.482. The number of hydrogen-bond acceptors (Lipinski definition) is 3. The summed E-state index contributed by atoms with van der Waals surface area (Å²) in [7, 11) is 0. The van der Waals surface area contributed by atoms with Gasteiger partial charge in [0.1, 0.15) is 0 Å². The van der Waals surface area contributed by atoms with Crippen molar-refractivity contribution in [3.8, 4) is 0 Å². The summed E-state index contributed by atoms with van der Waals surface area (Å²) < 4.78 is 4.98. The normalized spacial score (nSPS) is 27.7. The molecule has 3 nitrogen and oxygen atoms in total. The first kappa shape index (κ1) is 10.7. The third-order valence-electron chi connectivity index (χ3n) is 3.46. The maximum atomic E-state index is 11.8. The molecular formula is C12H18O3. The lowest BCUT2D eigenvalue weighted by Crippen LogP contribution is -2.23. The van der Waals surface area contributed by atoms with Crippen molar-refractivity contribution < 1.29 is 14.3 Å². The zero-order valence-electron chi connectivity index (χ0n) is 9.04. The van der Waals surface area contributed by atoms with Crippen LogP contribution in [0.5, 0.6) is 0 Å². The predicted molar refractivity (Wildman–Crippen MR) is 55.3 cm³/mol. The molecule has 1 aliphatic heterocycles. The number of ether oxygens (including phenoxy) is 1. The molecule has 1 aliphatic carbocycles. The number of Topliss-reactive ketones (excluding diaryl/α,β-unsaturated/α-hetero) is 1. The van der Waals surface area contributed by atoms with Gasteiger partial charge in [-0.1, -0.05) is 32.1 Å². The highest BCUT2D eigenvalue weighted by molar-refractivity contribution is 5.88. The fraction of sp³-hybridized carbons (Fsp3) is 0.833. The summed E-state index contributed by atoms with van der Waals surface area (Å²) in [6.07, 6.45) is 7.38.